The van der Waals surface area contributed by atoms with Crippen LogP contribution in [0.2, 0.25) is 0 Å². The van der Waals surface area contributed by atoms with E-state index in [0.29, 0.717) is 0 Å². The van der Waals surface area contributed by atoms with E-state index >= 15 is 0 Å². The van der Waals surface area contributed by atoms with Crippen LogP contribution in [0, 0.1) is 0 Å². The van der Waals surface area contributed by atoms with Crippen LogP contribution in [0.15, 0.2) is 0 Å². The maximum atomic E-state index is 11.3. The van der Waals surface area contributed by atoms with Gasteiger partial charge >= 0.3 is 0 Å². The second-order valence-electron chi connectivity index (χ2n) is 5.53. The van der Waals surface area contributed by atoms with Gasteiger partial charge in [0.2, 0.25) is 5.91 Å². The first kappa shape index (κ1) is 21.2. The van der Waals surface area contributed by atoms with Gasteiger partial charge < -0.3 is 50.5 Å². The maximum Gasteiger partial charge on any atom is 0.217 e. The minimum Gasteiger partial charge on any atom is -0.394 e. The number of hydrogen-bond donors (Lipinski definition) is 8. The largest absolute Gasteiger partial charge is 0.394 e. The second-order valence-corrected chi connectivity index (χ2v) is 5.53. The molecule has 1 heterocycles. The van der Waals surface area contributed by atoms with Crippen LogP contribution in [-0.2, 0) is 14.3 Å². The van der Waals surface area contributed by atoms with Crippen molar-refractivity contribution < 1.29 is 50.0 Å². The van der Waals surface area contributed by atoms with Gasteiger partial charge in [0.1, 0.15) is 42.7 Å². The molecule has 1 aliphatic heterocycles. The molecule has 24 heavy (non-hydrogen) atoms. The van der Waals surface area contributed by atoms with Gasteiger partial charge in [-0.25, -0.2) is 0 Å². The van der Waals surface area contributed by atoms with Crippen molar-refractivity contribution in [3.8, 4) is 0 Å². The summed E-state index contributed by atoms with van der Waals surface area (Å²) in [4.78, 5) is 11.3. The molecule has 0 unspecified atom stereocenters. The van der Waals surface area contributed by atoms with Crippen molar-refractivity contribution >= 4 is 5.91 Å². The van der Waals surface area contributed by atoms with Gasteiger partial charge in [0, 0.05) is 6.92 Å². The smallest absolute Gasteiger partial charge is 0.217 e. The number of carbonyl (C=O) groups is 1. The van der Waals surface area contributed by atoms with Gasteiger partial charge in [-0.3, -0.25) is 4.79 Å². The summed E-state index contributed by atoms with van der Waals surface area (Å²) in [5.41, 5.74) is 0. The number of nitrogens with one attached hydrogen (secondary N) is 1. The molecule has 8 atom stereocenters. The number of amides is 1. The lowest BCUT2D eigenvalue weighted by Gasteiger charge is -2.43. The Labute approximate surface area is 138 Å². The number of aliphatic hydroxyl groups is 7. The van der Waals surface area contributed by atoms with Crippen molar-refractivity contribution in [2.75, 3.05) is 19.8 Å². The van der Waals surface area contributed by atoms with Crippen molar-refractivity contribution in [2.24, 2.45) is 0 Å². The highest BCUT2D eigenvalue weighted by Crippen LogP contribution is 2.24. The van der Waals surface area contributed by atoms with Gasteiger partial charge in [0.05, 0.1) is 19.8 Å². The summed E-state index contributed by atoms with van der Waals surface area (Å²) in [7, 11) is 0. The zero-order valence-corrected chi connectivity index (χ0v) is 13.1. The Morgan fingerprint density at radius 3 is 2.25 bits per heavy atom. The standard InChI is InChI=1S/C13H25NO10/c1-5(18)14-9-12(22)11(21)8(4-17)24-13(9)23-7(3-16)10(20)6(19)2-15/h6-13,15-17,19-22H,2-4H2,1H3,(H,14,18)/t6-,7+,8-,9-,10-,11+,12-,13+/m1/s1. The molecule has 1 rings (SSSR count). The van der Waals surface area contributed by atoms with E-state index < -0.39 is 74.7 Å². The lowest BCUT2D eigenvalue weighted by Crippen LogP contribution is -2.65. The molecule has 1 aliphatic rings. The normalized spacial score (nSPS) is 34.4. The molecule has 0 aromatic rings. The Balaban J connectivity index is 2.94. The Bertz CT molecular complexity index is 397. The Hall–Kier alpha value is -0.890. The quantitative estimate of drug-likeness (QED) is 0.209. The molecule has 0 spiro atoms. The topological polar surface area (TPSA) is 189 Å². The van der Waals surface area contributed by atoms with Crippen LogP contribution in [-0.4, -0.2) is 110 Å². The van der Waals surface area contributed by atoms with E-state index in [2.05, 4.69) is 5.32 Å². The summed E-state index contributed by atoms with van der Waals surface area (Å²) in [5, 5.41) is 68.8. The summed E-state index contributed by atoms with van der Waals surface area (Å²) in [6.45, 7) is -1.06. The first-order valence-corrected chi connectivity index (χ1v) is 7.39. The number of ether oxygens (including phenoxy) is 2. The molecular weight excluding hydrogens is 330 g/mol. The zero-order valence-electron chi connectivity index (χ0n) is 13.1. The van der Waals surface area contributed by atoms with Crippen LogP contribution in [0.1, 0.15) is 6.92 Å². The SMILES string of the molecule is CC(=O)N[C@H]1[C@@H](O[C@@H](CO)[C@H](O)[C@H](O)CO)O[C@H](CO)[C@H](O)[C@@H]1O. The Morgan fingerprint density at radius 2 is 1.79 bits per heavy atom. The summed E-state index contributed by atoms with van der Waals surface area (Å²) in [6.07, 6.45) is -10.4. The molecule has 11 nitrogen and oxygen atoms in total. The van der Waals surface area contributed by atoms with Crippen LogP contribution in [0.3, 0.4) is 0 Å². The van der Waals surface area contributed by atoms with E-state index in [4.69, 9.17) is 14.6 Å². The Morgan fingerprint density at radius 1 is 1.17 bits per heavy atom. The predicted molar refractivity (Wildman–Crippen MR) is 76.4 cm³/mol. The fraction of sp³-hybridized carbons (Fsp3) is 0.923. The first-order valence-electron chi connectivity index (χ1n) is 7.39. The van der Waals surface area contributed by atoms with Crippen molar-refractivity contribution in [3.05, 3.63) is 0 Å². The highest BCUT2D eigenvalue weighted by Gasteiger charge is 2.46. The fourth-order valence-corrected chi connectivity index (χ4v) is 2.35. The van der Waals surface area contributed by atoms with Crippen molar-refractivity contribution in [3.63, 3.8) is 0 Å². The zero-order chi connectivity index (χ0) is 18.4. The maximum absolute atomic E-state index is 11.3. The lowest BCUT2D eigenvalue weighted by molar-refractivity contribution is -0.295. The predicted octanol–water partition coefficient (Wildman–Crippen LogP) is -4.98. The van der Waals surface area contributed by atoms with Crippen LogP contribution >= 0.6 is 0 Å². The average molecular weight is 355 g/mol. The van der Waals surface area contributed by atoms with E-state index in [1.165, 1.54) is 0 Å². The molecule has 0 aromatic heterocycles. The number of aliphatic hydroxyl groups excluding tert-OH is 7. The molecule has 11 heteroatoms. The number of rotatable bonds is 8. The van der Waals surface area contributed by atoms with Gasteiger partial charge in [-0.2, -0.15) is 0 Å². The van der Waals surface area contributed by atoms with Gasteiger partial charge in [0.15, 0.2) is 6.29 Å². The van der Waals surface area contributed by atoms with Crippen LogP contribution < -0.4 is 5.32 Å². The molecule has 1 amide bonds. The van der Waals surface area contributed by atoms with Gasteiger partial charge in [-0.1, -0.05) is 0 Å². The summed E-state index contributed by atoms with van der Waals surface area (Å²) in [6, 6.07) is -1.26. The van der Waals surface area contributed by atoms with Gasteiger partial charge in [-0.05, 0) is 0 Å². The van der Waals surface area contributed by atoms with Gasteiger partial charge in [-0.15, -0.1) is 0 Å². The van der Waals surface area contributed by atoms with Crippen LogP contribution in [0.25, 0.3) is 0 Å². The third kappa shape index (κ3) is 5.05. The molecule has 0 aromatic carbocycles. The van der Waals surface area contributed by atoms with E-state index in [0.717, 1.165) is 6.92 Å². The Kier molecular flexibility index (Phi) is 8.42. The molecule has 0 saturated carbocycles. The molecule has 0 aliphatic carbocycles. The second kappa shape index (κ2) is 9.56. The van der Waals surface area contributed by atoms with Crippen molar-refractivity contribution in [2.45, 2.75) is 55.9 Å². The fourth-order valence-electron chi connectivity index (χ4n) is 2.35. The van der Waals surface area contributed by atoms with Crippen molar-refractivity contribution in [1.29, 1.82) is 0 Å². The molecular formula is C13H25NO10. The van der Waals surface area contributed by atoms with Crippen molar-refractivity contribution in [1.82, 2.24) is 5.32 Å². The van der Waals surface area contributed by atoms with Crippen LogP contribution in [0.4, 0.5) is 0 Å². The molecule has 0 bridgehead atoms. The molecule has 0 radical (unpaired) electrons. The van der Waals surface area contributed by atoms with Gasteiger partial charge in [0.25, 0.3) is 0 Å². The van der Waals surface area contributed by atoms with E-state index in [9.17, 15) is 35.4 Å². The monoisotopic (exact) mass is 355 g/mol. The minimum absolute atomic E-state index is 0.567. The highest BCUT2D eigenvalue weighted by atomic mass is 16.7. The van der Waals surface area contributed by atoms with E-state index in [-0.39, 0.29) is 0 Å². The van der Waals surface area contributed by atoms with Crippen LogP contribution in [0.5, 0.6) is 0 Å². The molecule has 142 valence electrons. The van der Waals surface area contributed by atoms with E-state index in [1.54, 1.807) is 0 Å². The average Bonchev–Trinajstić information content (AvgIpc) is 2.56. The number of carbonyl (C=O) groups excluding carboxylic acids is 1. The third-order valence-electron chi connectivity index (χ3n) is 3.70. The summed E-state index contributed by atoms with van der Waals surface area (Å²) in [5.74, 6) is -0.567. The third-order valence-corrected chi connectivity index (χ3v) is 3.70. The molecule has 1 fully saturated rings. The lowest BCUT2D eigenvalue weighted by atomic mass is 9.96. The number of hydrogen-bond acceptors (Lipinski definition) is 10. The molecule has 1 saturated heterocycles. The van der Waals surface area contributed by atoms with E-state index in [1.807, 2.05) is 0 Å². The first-order chi connectivity index (χ1) is 11.3. The highest BCUT2D eigenvalue weighted by molar-refractivity contribution is 5.73. The molecule has 8 N–H and O–H groups in total. The summed E-state index contributed by atoms with van der Waals surface area (Å²) < 4.78 is 10.6. The summed E-state index contributed by atoms with van der Waals surface area (Å²) >= 11 is 0. The minimum atomic E-state index is -1.68.